The van der Waals surface area contributed by atoms with Crippen molar-refractivity contribution in [1.29, 1.82) is 0 Å². The molecule has 11 heteroatoms. The largest absolute Gasteiger partial charge is 0.461 e. The highest BCUT2D eigenvalue weighted by molar-refractivity contribution is 5.90. The van der Waals surface area contributed by atoms with Crippen LogP contribution >= 0.6 is 0 Å². The number of carbonyl (C=O) groups is 2. The average Bonchev–Trinajstić information content (AvgIpc) is 2.98. The summed E-state index contributed by atoms with van der Waals surface area (Å²) < 4.78 is 30.5. The zero-order valence-corrected chi connectivity index (χ0v) is 21.5. The van der Waals surface area contributed by atoms with E-state index in [1.165, 1.54) is 0 Å². The van der Waals surface area contributed by atoms with Gasteiger partial charge in [0.15, 0.2) is 12.6 Å². The quantitative estimate of drug-likeness (QED) is 0.241. The number of aliphatic hydroxyl groups excluding tert-OH is 4. The molecule has 3 saturated carbocycles. The van der Waals surface area contributed by atoms with Crippen LogP contribution in [-0.4, -0.2) is 100 Å². The van der Waals surface area contributed by atoms with Crippen molar-refractivity contribution in [2.75, 3.05) is 19.8 Å². The average molecular weight is 537 g/mol. The van der Waals surface area contributed by atoms with E-state index in [0.717, 1.165) is 12.8 Å². The number of hydrogen-bond donors (Lipinski definition) is 4. The number of benzene rings is 1. The molecule has 11 nitrogen and oxygen atoms in total. The lowest BCUT2D eigenvalue weighted by molar-refractivity contribution is -0.382. The van der Waals surface area contributed by atoms with Gasteiger partial charge < -0.3 is 44.1 Å². The van der Waals surface area contributed by atoms with Crippen molar-refractivity contribution in [2.24, 2.45) is 11.3 Å². The smallest absolute Gasteiger partial charge is 0.338 e. The maximum atomic E-state index is 13.3. The van der Waals surface area contributed by atoms with Crippen molar-refractivity contribution in [3.05, 3.63) is 35.9 Å². The minimum Gasteiger partial charge on any atom is -0.461 e. The third kappa shape index (κ3) is 3.95. The second-order valence-electron chi connectivity index (χ2n) is 10.9. The molecule has 0 amide bonds. The minimum atomic E-state index is -1.65. The van der Waals surface area contributed by atoms with Crippen LogP contribution in [0, 0.1) is 11.3 Å². The normalized spacial score (nSPS) is 43.5. The second kappa shape index (κ2) is 10.2. The van der Waals surface area contributed by atoms with Crippen molar-refractivity contribution in [2.45, 2.75) is 87.7 Å². The van der Waals surface area contributed by atoms with Crippen molar-refractivity contribution < 1.29 is 53.7 Å². The summed E-state index contributed by atoms with van der Waals surface area (Å²) in [6.07, 6.45) is -6.59. The zero-order chi connectivity index (χ0) is 27.3. The van der Waals surface area contributed by atoms with Crippen molar-refractivity contribution in [3.8, 4) is 0 Å². The van der Waals surface area contributed by atoms with E-state index in [0.29, 0.717) is 12.2 Å². The molecule has 0 radical (unpaired) electrons. The Morgan fingerprint density at radius 3 is 2.55 bits per heavy atom. The fourth-order valence-electron chi connectivity index (χ4n) is 6.64. The first-order valence-electron chi connectivity index (χ1n) is 13.2. The Morgan fingerprint density at radius 2 is 1.87 bits per heavy atom. The van der Waals surface area contributed by atoms with Gasteiger partial charge in [0.05, 0.1) is 17.6 Å². The third-order valence-corrected chi connectivity index (χ3v) is 8.79. The molecule has 1 aromatic rings. The van der Waals surface area contributed by atoms with Crippen molar-refractivity contribution >= 4 is 11.8 Å². The lowest BCUT2D eigenvalue weighted by Crippen LogP contribution is -2.80. The number of carbonyl (C=O) groups excluding carboxylic acids is 2. The van der Waals surface area contributed by atoms with Gasteiger partial charge in [-0.1, -0.05) is 31.5 Å². The molecule has 4 N–H and O–H groups in total. The Bertz CT molecular complexity index is 1030. The van der Waals surface area contributed by atoms with Crippen LogP contribution in [0.5, 0.6) is 0 Å². The van der Waals surface area contributed by atoms with Crippen LogP contribution in [0.1, 0.15) is 49.9 Å². The maximum absolute atomic E-state index is 13.3. The molecule has 38 heavy (non-hydrogen) atoms. The summed E-state index contributed by atoms with van der Waals surface area (Å²) in [5.74, 6) is -1.25. The fraction of sp³-hybridized carbons (Fsp3) is 0.704. The van der Waals surface area contributed by atoms with Gasteiger partial charge in [-0.05, 0) is 31.9 Å². The summed E-state index contributed by atoms with van der Waals surface area (Å²) in [6, 6.07) is 8.45. The van der Waals surface area contributed by atoms with E-state index in [4.69, 9.17) is 23.7 Å². The van der Waals surface area contributed by atoms with Gasteiger partial charge in [-0.3, -0.25) is 4.79 Å². The molecule has 2 aliphatic heterocycles. The summed E-state index contributed by atoms with van der Waals surface area (Å²) in [5.41, 5.74) is -3.41. The maximum Gasteiger partial charge on any atom is 0.338 e. The summed E-state index contributed by atoms with van der Waals surface area (Å²) >= 11 is 0. The first-order chi connectivity index (χ1) is 18.1. The number of rotatable bonds is 10. The lowest BCUT2D eigenvalue weighted by atomic mass is 9.41. The molecule has 0 aromatic heterocycles. The van der Waals surface area contributed by atoms with E-state index in [1.807, 2.05) is 6.92 Å². The molecule has 2 heterocycles. The minimum absolute atomic E-state index is 0.0110. The molecule has 1 aromatic carbocycles. The number of esters is 1. The molecule has 5 fully saturated rings. The second-order valence-corrected chi connectivity index (χ2v) is 10.9. The van der Waals surface area contributed by atoms with E-state index in [1.54, 1.807) is 37.3 Å². The molecule has 4 bridgehead atoms. The molecule has 5 aliphatic rings. The number of aliphatic hydroxyl groups is 4. The van der Waals surface area contributed by atoms with Crippen molar-refractivity contribution in [1.82, 2.24) is 0 Å². The van der Waals surface area contributed by atoms with Crippen LogP contribution in [0.15, 0.2) is 30.3 Å². The summed E-state index contributed by atoms with van der Waals surface area (Å²) in [4.78, 5) is 26.2. The first-order valence-corrected chi connectivity index (χ1v) is 13.2. The Labute approximate surface area is 220 Å². The SMILES string of the molecule is CCCCO[C@H]1O[C@@]2(C)CC(=O)[C@@H]3C[C@]2(O[C@@H]2O[C@H](CO)[C@@H](O)[C@H](O)[C@H]2O)[C@]13COC(=O)c1ccccc1. The number of hydrogen-bond acceptors (Lipinski definition) is 11. The van der Waals surface area contributed by atoms with Crippen LogP contribution in [0.25, 0.3) is 0 Å². The van der Waals surface area contributed by atoms with E-state index in [9.17, 15) is 30.0 Å². The van der Waals surface area contributed by atoms with Crippen LogP contribution in [0.3, 0.4) is 0 Å². The first kappa shape index (κ1) is 27.6. The number of unbranched alkanes of at least 4 members (excludes halogenated alkanes) is 1. The predicted molar refractivity (Wildman–Crippen MR) is 129 cm³/mol. The Kier molecular flexibility index (Phi) is 7.42. The Balaban J connectivity index is 1.49. The number of Topliss-reactive ketones (excluding diaryl/α,β-unsaturated/α-hetero) is 1. The highest BCUT2D eigenvalue weighted by Gasteiger charge is 2.87. The Hall–Kier alpha value is -1.96. The van der Waals surface area contributed by atoms with Gasteiger partial charge in [-0.25, -0.2) is 4.79 Å². The summed E-state index contributed by atoms with van der Waals surface area (Å²) in [7, 11) is 0. The lowest BCUT2D eigenvalue weighted by Gasteiger charge is -2.66. The molecule has 210 valence electrons. The molecule has 0 spiro atoms. The highest BCUT2D eigenvalue weighted by atomic mass is 16.8. The van der Waals surface area contributed by atoms with E-state index in [-0.39, 0.29) is 25.2 Å². The van der Waals surface area contributed by atoms with Crippen LogP contribution in [-0.2, 0) is 28.5 Å². The highest BCUT2D eigenvalue weighted by Crippen LogP contribution is 2.74. The van der Waals surface area contributed by atoms with Crippen LogP contribution < -0.4 is 0 Å². The van der Waals surface area contributed by atoms with E-state index >= 15 is 0 Å². The van der Waals surface area contributed by atoms with Crippen molar-refractivity contribution in [3.63, 3.8) is 0 Å². The zero-order valence-electron chi connectivity index (χ0n) is 21.5. The number of ketones is 1. The predicted octanol–water partition coefficient (Wildman–Crippen LogP) is 0.310. The molecular weight excluding hydrogens is 500 g/mol. The number of ether oxygens (including phenoxy) is 5. The monoisotopic (exact) mass is 536 g/mol. The topological polar surface area (TPSA) is 161 Å². The molecular formula is C27H36O11. The fourth-order valence-corrected chi connectivity index (χ4v) is 6.64. The third-order valence-electron chi connectivity index (χ3n) is 8.79. The van der Waals surface area contributed by atoms with Gasteiger partial charge in [0.1, 0.15) is 48.0 Å². The van der Waals surface area contributed by atoms with Gasteiger partial charge in [0, 0.05) is 18.9 Å². The van der Waals surface area contributed by atoms with Gasteiger partial charge in [0.25, 0.3) is 0 Å². The summed E-state index contributed by atoms with van der Waals surface area (Å²) in [5, 5.41) is 41.0. The van der Waals surface area contributed by atoms with Crippen LogP contribution in [0.4, 0.5) is 0 Å². The molecule has 3 aliphatic carbocycles. The molecule has 6 rings (SSSR count). The molecule has 0 unspecified atom stereocenters. The van der Waals surface area contributed by atoms with E-state index in [2.05, 4.69) is 0 Å². The van der Waals surface area contributed by atoms with Gasteiger partial charge >= 0.3 is 5.97 Å². The number of fused-ring (bicyclic) bond motifs is 1. The van der Waals surface area contributed by atoms with Crippen LogP contribution in [0.2, 0.25) is 0 Å². The van der Waals surface area contributed by atoms with E-state index < -0.39 is 72.1 Å². The van der Waals surface area contributed by atoms with Gasteiger partial charge in [-0.2, -0.15) is 0 Å². The summed E-state index contributed by atoms with van der Waals surface area (Å²) in [6.45, 7) is 3.22. The van der Waals surface area contributed by atoms with Gasteiger partial charge in [0.2, 0.25) is 0 Å². The molecule has 10 atom stereocenters. The Morgan fingerprint density at radius 1 is 1.13 bits per heavy atom. The van der Waals surface area contributed by atoms with Gasteiger partial charge in [-0.15, -0.1) is 0 Å². The molecule has 2 saturated heterocycles. The standard InChI is InChI=1S/C27H36O11/c1-3-4-10-34-24-26(14-35-22(33)15-8-6-5-7-9-15)16-11-27(26,25(2,38-24)12-17(16)29)37-23-21(32)20(31)19(30)18(13-28)36-23/h5-9,16,18-21,23-24,28,30-32H,3-4,10-14H2,1-2H3/t16-,18+,19+,20-,21+,23-,24-,25-,26-,27+/m0/s1.